The topological polar surface area (TPSA) is 54.9 Å². The van der Waals surface area contributed by atoms with E-state index in [0.717, 1.165) is 11.3 Å². The van der Waals surface area contributed by atoms with Gasteiger partial charge in [0.15, 0.2) is 5.16 Å². The largest absolute Gasteiger partial charge is 0.348 e. The van der Waals surface area contributed by atoms with Gasteiger partial charge in [0.05, 0.1) is 11.3 Å². The summed E-state index contributed by atoms with van der Waals surface area (Å²) >= 11 is 7.30. The normalized spacial score (nSPS) is 10.4. The van der Waals surface area contributed by atoms with Gasteiger partial charge < -0.3 is 5.32 Å². The minimum absolute atomic E-state index is 0.158. The fourth-order valence-electron chi connectivity index (χ4n) is 1.84. The van der Waals surface area contributed by atoms with E-state index in [2.05, 4.69) is 15.3 Å². The van der Waals surface area contributed by atoms with Gasteiger partial charge in [0.25, 0.3) is 5.91 Å². The average molecular weight is 322 g/mol. The maximum atomic E-state index is 12.2. The van der Waals surface area contributed by atoms with E-state index < -0.39 is 0 Å². The molecule has 0 spiro atoms. The lowest BCUT2D eigenvalue weighted by Crippen LogP contribution is -2.24. The number of carbonyl (C=O) groups is 1. The molecule has 0 unspecified atom stereocenters. The van der Waals surface area contributed by atoms with Crippen LogP contribution >= 0.6 is 23.4 Å². The highest BCUT2D eigenvalue weighted by atomic mass is 35.5. The standard InChI is InChI=1S/C15H16ClN3OS/c1-3-13-12(9-18-15(19-13)21-2)14(20)17-8-10-4-6-11(16)7-5-10/h4-7,9H,3,8H2,1-2H3,(H,17,20). The molecule has 0 aliphatic rings. The summed E-state index contributed by atoms with van der Waals surface area (Å²) in [5, 5.41) is 4.24. The van der Waals surface area contributed by atoms with Crippen LogP contribution in [0.1, 0.15) is 28.5 Å². The van der Waals surface area contributed by atoms with E-state index in [9.17, 15) is 4.79 Å². The van der Waals surface area contributed by atoms with E-state index in [0.29, 0.717) is 28.7 Å². The molecule has 21 heavy (non-hydrogen) atoms. The maximum Gasteiger partial charge on any atom is 0.254 e. The van der Waals surface area contributed by atoms with Crippen LogP contribution in [0.2, 0.25) is 5.02 Å². The minimum atomic E-state index is -0.158. The number of benzene rings is 1. The number of nitrogens with one attached hydrogen (secondary N) is 1. The molecule has 0 atom stereocenters. The summed E-state index contributed by atoms with van der Waals surface area (Å²) in [5.74, 6) is -0.158. The Labute approximate surface area is 133 Å². The van der Waals surface area contributed by atoms with Gasteiger partial charge in [-0.3, -0.25) is 4.79 Å². The Balaban J connectivity index is 2.07. The Hall–Kier alpha value is -1.59. The highest BCUT2D eigenvalue weighted by molar-refractivity contribution is 7.98. The second-order valence-corrected chi connectivity index (χ2v) is 5.59. The fourth-order valence-corrected chi connectivity index (χ4v) is 2.32. The van der Waals surface area contributed by atoms with Crippen LogP contribution in [0.4, 0.5) is 0 Å². The first-order chi connectivity index (χ1) is 10.1. The van der Waals surface area contributed by atoms with Crippen LogP contribution in [0.25, 0.3) is 0 Å². The van der Waals surface area contributed by atoms with Gasteiger partial charge >= 0.3 is 0 Å². The van der Waals surface area contributed by atoms with Crippen molar-refractivity contribution in [2.75, 3.05) is 6.26 Å². The van der Waals surface area contributed by atoms with Crippen LogP contribution in [-0.2, 0) is 13.0 Å². The molecule has 0 radical (unpaired) electrons. The van der Waals surface area contributed by atoms with Gasteiger partial charge in [-0.15, -0.1) is 0 Å². The van der Waals surface area contributed by atoms with E-state index >= 15 is 0 Å². The molecule has 110 valence electrons. The molecule has 0 bridgehead atoms. The Bertz CT molecular complexity index is 631. The summed E-state index contributed by atoms with van der Waals surface area (Å²) < 4.78 is 0. The molecule has 1 aromatic carbocycles. The lowest BCUT2D eigenvalue weighted by atomic mass is 10.1. The first-order valence-corrected chi connectivity index (χ1v) is 8.17. The molecular formula is C15H16ClN3OS. The van der Waals surface area contributed by atoms with Gasteiger partial charge in [-0.1, -0.05) is 42.4 Å². The Morgan fingerprint density at radius 2 is 2.05 bits per heavy atom. The van der Waals surface area contributed by atoms with E-state index in [1.807, 2.05) is 25.3 Å². The van der Waals surface area contributed by atoms with Crippen molar-refractivity contribution in [3.05, 3.63) is 52.3 Å². The van der Waals surface area contributed by atoms with Crippen LogP contribution in [0.5, 0.6) is 0 Å². The van der Waals surface area contributed by atoms with Gasteiger partial charge in [-0.25, -0.2) is 9.97 Å². The van der Waals surface area contributed by atoms with Crippen LogP contribution in [0.3, 0.4) is 0 Å². The highest BCUT2D eigenvalue weighted by Gasteiger charge is 2.13. The number of halogens is 1. The molecule has 1 N–H and O–H groups in total. The number of hydrogen-bond donors (Lipinski definition) is 1. The van der Waals surface area contributed by atoms with Crippen LogP contribution in [0, 0.1) is 0 Å². The van der Waals surface area contributed by atoms with Gasteiger partial charge in [0, 0.05) is 17.8 Å². The zero-order valence-corrected chi connectivity index (χ0v) is 13.5. The second-order valence-electron chi connectivity index (χ2n) is 4.38. The molecule has 1 aromatic heterocycles. The molecule has 2 aromatic rings. The third-order valence-electron chi connectivity index (χ3n) is 2.97. The number of aryl methyl sites for hydroxylation is 1. The highest BCUT2D eigenvalue weighted by Crippen LogP contribution is 2.13. The number of thioether (sulfide) groups is 1. The third kappa shape index (κ3) is 4.19. The third-order valence-corrected chi connectivity index (χ3v) is 3.79. The number of rotatable bonds is 5. The van der Waals surface area contributed by atoms with E-state index in [1.165, 1.54) is 11.8 Å². The molecule has 1 heterocycles. The van der Waals surface area contributed by atoms with Crippen molar-refractivity contribution in [3.8, 4) is 0 Å². The lowest BCUT2D eigenvalue weighted by Gasteiger charge is -2.09. The number of carbonyl (C=O) groups excluding carboxylic acids is 1. The van der Waals surface area contributed by atoms with Gasteiger partial charge in [0.1, 0.15) is 0 Å². The molecule has 0 fully saturated rings. The summed E-state index contributed by atoms with van der Waals surface area (Å²) in [6.45, 7) is 2.42. The SMILES string of the molecule is CCc1nc(SC)ncc1C(=O)NCc1ccc(Cl)cc1. The lowest BCUT2D eigenvalue weighted by molar-refractivity contribution is 0.0949. The van der Waals surface area contributed by atoms with Crippen molar-refractivity contribution in [1.82, 2.24) is 15.3 Å². The van der Waals surface area contributed by atoms with Gasteiger partial charge in [-0.2, -0.15) is 0 Å². The molecule has 6 heteroatoms. The fraction of sp³-hybridized carbons (Fsp3) is 0.267. The van der Waals surface area contributed by atoms with Crippen molar-refractivity contribution in [2.45, 2.75) is 25.0 Å². The smallest absolute Gasteiger partial charge is 0.254 e. The van der Waals surface area contributed by atoms with Crippen LogP contribution in [-0.4, -0.2) is 22.1 Å². The molecule has 1 amide bonds. The van der Waals surface area contributed by atoms with E-state index in [1.54, 1.807) is 18.3 Å². The molecule has 0 saturated carbocycles. The van der Waals surface area contributed by atoms with Crippen molar-refractivity contribution >= 4 is 29.3 Å². The molecule has 0 saturated heterocycles. The monoisotopic (exact) mass is 321 g/mol. The Morgan fingerprint density at radius 1 is 1.33 bits per heavy atom. The predicted octanol–water partition coefficient (Wildman–Crippen LogP) is 3.34. The molecule has 0 aliphatic carbocycles. The zero-order chi connectivity index (χ0) is 15.2. The summed E-state index contributed by atoms with van der Waals surface area (Å²) in [4.78, 5) is 20.8. The molecular weight excluding hydrogens is 306 g/mol. The number of amides is 1. The minimum Gasteiger partial charge on any atom is -0.348 e. The summed E-state index contributed by atoms with van der Waals surface area (Å²) in [6, 6.07) is 7.38. The van der Waals surface area contributed by atoms with Gasteiger partial charge in [-0.05, 0) is 30.4 Å². The molecule has 2 rings (SSSR count). The van der Waals surface area contributed by atoms with Crippen molar-refractivity contribution in [3.63, 3.8) is 0 Å². The van der Waals surface area contributed by atoms with Crippen molar-refractivity contribution < 1.29 is 4.79 Å². The number of hydrogen-bond acceptors (Lipinski definition) is 4. The Kier molecular flexibility index (Phi) is 5.59. The maximum absolute atomic E-state index is 12.2. The predicted molar refractivity (Wildman–Crippen MR) is 85.8 cm³/mol. The van der Waals surface area contributed by atoms with Gasteiger partial charge in [0.2, 0.25) is 0 Å². The number of aromatic nitrogens is 2. The second kappa shape index (κ2) is 7.43. The van der Waals surface area contributed by atoms with Crippen molar-refractivity contribution in [2.24, 2.45) is 0 Å². The molecule has 0 aliphatic heterocycles. The zero-order valence-electron chi connectivity index (χ0n) is 11.9. The Morgan fingerprint density at radius 3 is 2.67 bits per heavy atom. The number of nitrogens with zero attached hydrogens (tertiary/aromatic N) is 2. The quantitative estimate of drug-likeness (QED) is 0.678. The summed E-state index contributed by atoms with van der Waals surface area (Å²) in [6.07, 6.45) is 4.20. The summed E-state index contributed by atoms with van der Waals surface area (Å²) in [5.41, 5.74) is 2.29. The van der Waals surface area contributed by atoms with E-state index in [4.69, 9.17) is 11.6 Å². The van der Waals surface area contributed by atoms with Crippen LogP contribution < -0.4 is 5.32 Å². The average Bonchev–Trinajstić information content (AvgIpc) is 2.53. The van der Waals surface area contributed by atoms with Crippen molar-refractivity contribution in [1.29, 1.82) is 0 Å². The van der Waals surface area contributed by atoms with E-state index in [-0.39, 0.29) is 5.91 Å². The van der Waals surface area contributed by atoms with Crippen LogP contribution in [0.15, 0.2) is 35.6 Å². The summed E-state index contributed by atoms with van der Waals surface area (Å²) in [7, 11) is 0. The molecule has 4 nitrogen and oxygen atoms in total. The first kappa shape index (κ1) is 15.8. The first-order valence-electron chi connectivity index (χ1n) is 6.56.